The third kappa shape index (κ3) is 3.05. The molecule has 1 aliphatic rings. The Balaban J connectivity index is 1.91. The molecule has 0 amide bonds. The summed E-state index contributed by atoms with van der Waals surface area (Å²) in [6.07, 6.45) is 3.79. The van der Waals surface area contributed by atoms with E-state index in [0.717, 1.165) is 22.5 Å². The maximum atomic E-state index is 13.1. The number of benzene rings is 1. The van der Waals surface area contributed by atoms with Crippen molar-refractivity contribution < 1.29 is 4.39 Å². The van der Waals surface area contributed by atoms with Crippen molar-refractivity contribution >= 4 is 15.9 Å². The zero-order valence-corrected chi connectivity index (χ0v) is 11.1. The van der Waals surface area contributed by atoms with Crippen molar-refractivity contribution in [3.05, 3.63) is 34.1 Å². The first-order chi connectivity index (χ1) is 7.65. The zero-order chi connectivity index (χ0) is 11.5. The molecule has 1 aromatic carbocycles. The fraction of sp³-hybridized carbons (Fsp3) is 0.538. The van der Waals surface area contributed by atoms with Crippen LogP contribution in [0.5, 0.6) is 0 Å². The molecular weight excluding hydrogens is 269 g/mol. The Hall–Kier alpha value is -0.410. The van der Waals surface area contributed by atoms with Crippen LogP contribution in [0.2, 0.25) is 0 Å². The predicted molar refractivity (Wildman–Crippen MR) is 67.7 cm³/mol. The van der Waals surface area contributed by atoms with Crippen LogP contribution in [-0.2, 0) is 6.54 Å². The van der Waals surface area contributed by atoms with E-state index >= 15 is 0 Å². The molecule has 0 bridgehead atoms. The number of nitrogens with one attached hydrogen (secondary N) is 1. The van der Waals surface area contributed by atoms with Gasteiger partial charge in [0, 0.05) is 17.1 Å². The van der Waals surface area contributed by atoms with E-state index < -0.39 is 0 Å². The molecule has 0 aliphatic heterocycles. The lowest BCUT2D eigenvalue weighted by Crippen LogP contribution is -2.25. The highest BCUT2D eigenvalue weighted by Crippen LogP contribution is 2.25. The summed E-state index contributed by atoms with van der Waals surface area (Å²) in [5, 5.41) is 3.50. The predicted octanol–water partition coefficient (Wildman–Crippen LogP) is 3.87. The fourth-order valence-electron chi connectivity index (χ4n) is 2.33. The minimum absolute atomic E-state index is 0.167. The maximum absolute atomic E-state index is 13.1. The van der Waals surface area contributed by atoms with E-state index in [1.165, 1.54) is 25.3 Å². The monoisotopic (exact) mass is 285 g/mol. The standard InChI is InChI=1S/C13H17BrFN/c1-9-2-4-12(6-9)16-8-10-7-11(15)3-5-13(10)14/h3,5,7,9,12,16H,2,4,6,8H2,1H3. The van der Waals surface area contributed by atoms with E-state index in [-0.39, 0.29) is 5.82 Å². The van der Waals surface area contributed by atoms with E-state index in [9.17, 15) is 4.39 Å². The Bertz CT molecular complexity index is 367. The molecule has 2 rings (SSSR count). The normalized spacial score (nSPS) is 24.9. The second kappa shape index (κ2) is 5.28. The van der Waals surface area contributed by atoms with Crippen molar-refractivity contribution in [3.63, 3.8) is 0 Å². The SMILES string of the molecule is CC1CCC(NCc2cc(F)ccc2Br)C1. The van der Waals surface area contributed by atoms with Gasteiger partial charge >= 0.3 is 0 Å². The first kappa shape index (κ1) is 12.1. The molecule has 88 valence electrons. The molecule has 1 fully saturated rings. The average molecular weight is 286 g/mol. The van der Waals surface area contributed by atoms with Crippen LogP contribution in [0.1, 0.15) is 31.7 Å². The van der Waals surface area contributed by atoms with Crippen molar-refractivity contribution in [1.29, 1.82) is 0 Å². The van der Waals surface area contributed by atoms with Gasteiger partial charge in [0.2, 0.25) is 0 Å². The molecule has 1 nitrogen and oxygen atoms in total. The van der Waals surface area contributed by atoms with Gasteiger partial charge in [-0.15, -0.1) is 0 Å². The molecule has 0 spiro atoms. The van der Waals surface area contributed by atoms with Crippen molar-refractivity contribution in [2.24, 2.45) is 5.92 Å². The van der Waals surface area contributed by atoms with Gasteiger partial charge < -0.3 is 5.32 Å². The second-order valence-electron chi connectivity index (χ2n) is 4.73. The Morgan fingerprint density at radius 2 is 2.25 bits per heavy atom. The molecule has 1 aromatic rings. The average Bonchev–Trinajstić information content (AvgIpc) is 2.66. The van der Waals surface area contributed by atoms with Gasteiger partial charge in [-0.2, -0.15) is 0 Å². The molecule has 0 aromatic heterocycles. The van der Waals surface area contributed by atoms with Crippen LogP contribution in [-0.4, -0.2) is 6.04 Å². The summed E-state index contributed by atoms with van der Waals surface area (Å²) in [6.45, 7) is 3.04. The quantitative estimate of drug-likeness (QED) is 0.889. The Labute approximate surface area is 105 Å². The van der Waals surface area contributed by atoms with Crippen molar-refractivity contribution in [2.75, 3.05) is 0 Å². The highest BCUT2D eigenvalue weighted by molar-refractivity contribution is 9.10. The van der Waals surface area contributed by atoms with Gasteiger partial charge in [0.05, 0.1) is 0 Å². The first-order valence-electron chi connectivity index (χ1n) is 5.82. The maximum Gasteiger partial charge on any atom is 0.123 e. The van der Waals surface area contributed by atoms with E-state index in [1.807, 2.05) is 0 Å². The minimum Gasteiger partial charge on any atom is -0.310 e. The van der Waals surface area contributed by atoms with E-state index in [0.29, 0.717) is 6.04 Å². The third-order valence-corrected chi connectivity index (χ3v) is 4.06. The lowest BCUT2D eigenvalue weighted by Gasteiger charge is -2.13. The van der Waals surface area contributed by atoms with Crippen molar-refractivity contribution in [3.8, 4) is 0 Å². The van der Waals surface area contributed by atoms with Gasteiger partial charge in [-0.1, -0.05) is 22.9 Å². The van der Waals surface area contributed by atoms with Crippen molar-refractivity contribution in [1.82, 2.24) is 5.32 Å². The van der Waals surface area contributed by atoms with E-state index in [2.05, 4.69) is 28.2 Å². The molecule has 0 saturated heterocycles. The molecule has 3 heteroatoms. The lowest BCUT2D eigenvalue weighted by molar-refractivity contribution is 0.500. The highest BCUT2D eigenvalue weighted by Gasteiger charge is 2.20. The number of hydrogen-bond donors (Lipinski definition) is 1. The fourth-order valence-corrected chi connectivity index (χ4v) is 2.71. The minimum atomic E-state index is -0.167. The van der Waals surface area contributed by atoms with Crippen LogP contribution in [0.25, 0.3) is 0 Å². The Morgan fingerprint density at radius 1 is 1.44 bits per heavy atom. The molecule has 16 heavy (non-hydrogen) atoms. The van der Waals surface area contributed by atoms with E-state index in [4.69, 9.17) is 0 Å². The Morgan fingerprint density at radius 3 is 2.94 bits per heavy atom. The molecule has 2 unspecified atom stereocenters. The topological polar surface area (TPSA) is 12.0 Å². The summed E-state index contributed by atoms with van der Waals surface area (Å²) in [5.41, 5.74) is 1.000. The zero-order valence-electron chi connectivity index (χ0n) is 9.47. The highest BCUT2D eigenvalue weighted by atomic mass is 79.9. The van der Waals surface area contributed by atoms with Crippen LogP contribution in [0, 0.1) is 11.7 Å². The summed E-state index contributed by atoms with van der Waals surface area (Å²) >= 11 is 3.45. The van der Waals surface area contributed by atoms with Gasteiger partial charge in [-0.3, -0.25) is 0 Å². The number of halogens is 2. The van der Waals surface area contributed by atoms with Gasteiger partial charge in [0.15, 0.2) is 0 Å². The largest absolute Gasteiger partial charge is 0.310 e. The van der Waals surface area contributed by atoms with Crippen LogP contribution >= 0.6 is 15.9 Å². The van der Waals surface area contributed by atoms with Crippen molar-refractivity contribution in [2.45, 2.75) is 38.8 Å². The molecule has 2 atom stereocenters. The molecule has 1 aliphatic carbocycles. The van der Waals surface area contributed by atoms with E-state index in [1.54, 1.807) is 12.1 Å². The smallest absolute Gasteiger partial charge is 0.123 e. The van der Waals surface area contributed by atoms with Gasteiger partial charge in [0.25, 0.3) is 0 Å². The number of hydrogen-bond acceptors (Lipinski definition) is 1. The Kier molecular flexibility index (Phi) is 3.98. The third-order valence-electron chi connectivity index (χ3n) is 3.28. The summed E-state index contributed by atoms with van der Waals surface area (Å²) in [4.78, 5) is 0. The summed E-state index contributed by atoms with van der Waals surface area (Å²) < 4.78 is 14.0. The summed E-state index contributed by atoms with van der Waals surface area (Å²) in [6, 6.07) is 5.44. The molecule has 1 N–H and O–H groups in total. The molecule has 0 heterocycles. The molecule has 0 radical (unpaired) electrons. The summed E-state index contributed by atoms with van der Waals surface area (Å²) in [5.74, 6) is 0.660. The molecular formula is C13H17BrFN. The van der Waals surface area contributed by atoms with Gasteiger partial charge in [0.1, 0.15) is 5.82 Å². The van der Waals surface area contributed by atoms with Crippen LogP contribution in [0.3, 0.4) is 0 Å². The second-order valence-corrected chi connectivity index (χ2v) is 5.59. The lowest BCUT2D eigenvalue weighted by atomic mass is 10.1. The summed E-state index contributed by atoms with van der Waals surface area (Å²) in [7, 11) is 0. The molecule has 1 saturated carbocycles. The first-order valence-corrected chi connectivity index (χ1v) is 6.62. The van der Waals surface area contributed by atoms with Crippen LogP contribution in [0.4, 0.5) is 4.39 Å². The van der Waals surface area contributed by atoms with Gasteiger partial charge in [-0.05, 0) is 48.9 Å². The van der Waals surface area contributed by atoms with Gasteiger partial charge in [-0.25, -0.2) is 4.39 Å². The van der Waals surface area contributed by atoms with Crippen LogP contribution in [0.15, 0.2) is 22.7 Å². The van der Waals surface area contributed by atoms with Crippen LogP contribution < -0.4 is 5.32 Å². The number of rotatable bonds is 3.